The predicted molar refractivity (Wildman–Crippen MR) is 115 cm³/mol. The summed E-state index contributed by atoms with van der Waals surface area (Å²) in [4.78, 5) is 70.6. The number of amides is 4. The second-order valence-electron chi connectivity index (χ2n) is 7.35. The van der Waals surface area contributed by atoms with Gasteiger partial charge in [-0.2, -0.15) is 11.8 Å². The quantitative estimate of drug-likeness (QED) is 0.132. The van der Waals surface area contributed by atoms with E-state index >= 15 is 0 Å². The van der Waals surface area contributed by atoms with Gasteiger partial charge in [-0.3, -0.25) is 24.0 Å². The van der Waals surface area contributed by atoms with Gasteiger partial charge < -0.3 is 37.6 Å². The molecule has 0 aromatic rings. The van der Waals surface area contributed by atoms with Gasteiger partial charge in [-0.25, -0.2) is 4.79 Å². The average molecular weight is 478 g/mol. The summed E-state index contributed by atoms with van der Waals surface area (Å²) in [5, 5.41) is 24.9. The van der Waals surface area contributed by atoms with E-state index in [0.29, 0.717) is 5.75 Å². The molecule has 0 saturated heterocycles. The van der Waals surface area contributed by atoms with Crippen molar-refractivity contribution in [1.82, 2.24) is 16.0 Å². The van der Waals surface area contributed by atoms with Gasteiger partial charge in [0, 0.05) is 0 Å². The third kappa shape index (κ3) is 10.9. The predicted octanol–water partition coefficient (Wildman–Crippen LogP) is -2.39. The van der Waals surface area contributed by atoms with Gasteiger partial charge in [-0.1, -0.05) is 13.8 Å². The molecule has 0 aromatic heterocycles. The summed E-state index contributed by atoms with van der Waals surface area (Å²) >= 11 is 1.38. The summed E-state index contributed by atoms with van der Waals surface area (Å²) < 4.78 is 0. The van der Waals surface area contributed by atoms with Gasteiger partial charge in [0.05, 0.1) is 18.9 Å². The Morgan fingerprint density at radius 2 is 1.44 bits per heavy atom. The molecular formula is C18H31N5O8S. The highest BCUT2D eigenvalue weighted by Crippen LogP contribution is 2.07. The molecule has 0 aliphatic carbocycles. The van der Waals surface area contributed by atoms with Crippen molar-refractivity contribution in [3.63, 3.8) is 0 Å². The first-order chi connectivity index (χ1) is 14.8. The molecule has 0 saturated carbocycles. The SMILES string of the molecule is CSCCC(NC(=O)C(NC(=O)C(N)CC(=O)O)C(C)C)C(=O)NC(CC(N)=O)C(=O)O. The molecule has 4 unspecified atom stereocenters. The van der Waals surface area contributed by atoms with Crippen molar-refractivity contribution in [2.45, 2.75) is 57.3 Å². The molecule has 0 bridgehead atoms. The smallest absolute Gasteiger partial charge is 0.326 e. The third-order valence-corrected chi connectivity index (χ3v) is 4.89. The molecule has 13 nitrogen and oxygen atoms in total. The number of carboxylic acid groups (broad SMARTS) is 2. The van der Waals surface area contributed by atoms with Crippen LogP contribution in [0.4, 0.5) is 0 Å². The zero-order valence-electron chi connectivity index (χ0n) is 18.1. The highest BCUT2D eigenvalue weighted by molar-refractivity contribution is 7.98. The van der Waals surface area contributed by atoms with Crippen LogP contribution in [0.25, 0.3) is 0 Å². The maximum absolute atomic E-state index is 12.8. The topological polar surface area (TPSA) is 231 Å². The van der Waals surface area contributed by atoms with E-state index in [1.165, 1.54) is 11.8 Å². The molecule has 182 valence electrons. The Hall–Kier alpha value is -2.87. The molecule has 0 aliphatic heterocycles. The number of nitrogens with two attached hydrogens (primary N) is 2. The molecule has 0 aromatic carbocycles. The second-order valence-corrected chi connectivity index (χ2v) is 8.33. The van der Waals surface area contributed by atoms with Crippen LogP contribution in [0.3, 0.4) is 0 Å². The van der Waals surface area contributed by atoms with E-state index in [1.807, 2.05) is 0 Å². The van der Waals surface area contributed by atoms with Crippen molar-refractivity contribution in [2.75, 3.05) is 12.0 Å². The maximum atomic E-state index is 12.8. The van der Waals surface area contributed by atoms with Crippen LogP contribution in [0, 0.1) is 5.92 Å². The molecule has 0 radical (unpaired) electrons. The summed E-state index contributed by atoms with van der Waals surface area (Å²) in [5.74, 6) is -6.10. The summed E-state index contributed by atoms with van der Waals surface area (Å²) in [6.45, 7) is 3.25. The summed E-state index contributed by atoms with van der Waals surface area (Å²) in [7, 11) is 0. The lowest BCUT2D eigenvalue weighted by molar-refractivity contribution is -0.143. The Morgan fingerprint density at radius 3 is 1.88 bits per heavy atom. The molecule has 4 atom stereocenters. The molecule has 0 heterocycles. The molecule has 0 fully saturated rings. The van der Waals surface area contributed by atoms with Crippen LogP contribution in [0.1, 0.15) is 33.1 Å². The number of primary amides is 1. The molecule has 9 N–H and O–H groups in total. The van der Waals surface area contributed by atoms with Gasteiger partial charge in [-0.15, -0.1) is 0 Å². The summed E-state index contributed by atoms with van der Waals surface area (Å²) in [6.07, 6.45) is 0.647. The van der Waals surface area contributed by atoms with Crippen LogP contribution >= 0.6 is 11.8 Å². The minimum atomic E-state index is -1.57. The van der Waals surface area contributed by atoms with Crippen molar-refractivity contribution in [3.05, 3.63) is 0 Å². The molecule has 0 rings (SSSR count). The molecule has 4 amide bonds. The number of thioether (sulfide) groups is 1. The average Bonchev–Trinajstić information content (AvgIpc) is 2.66. The highest BCUT2D eigenvalue weighted by atomic mass is 32.2. The number of hydrogen-bond donors (Lipinski definition) is 7. The van der Waals surface area contributed by atoms with Gasteiger partial charge in [0.1, 0.15) is 18.1 Å². The number of hydrogen-bond acceptors (Lipinski definition) is 8. The monoisotopic (exact) mass is 477 g/mol. The van der Waals surface area contributed by atoms with Gasteiger partial charge in [-0.05, 0) is 24.3 Å². The van der Waals surface area contributed by atoms with Crippen molar-refractivity contribution < 1.29 is 39.0 Å². The zero-order chi connectivity index (χ0) is 25.0. The van der Waals surface area contributed by atoms with Crippen molar-refractivity contribution in [1.29, 1.82) is 0 Å². The Bertz CT molecular complexity index is 717. The normalized spacial score (nSPS) is 14.5. The van der Waals surface area contributed by atoms with E-state index in [0.717, 1.165) is 0 Å². The Kier molecular flexibility index (Phi) is 13.0. The van der Waals surface area contributed by atoms with Crippen molar-refractivity contribution >= 4 is 47.3 Å². The molecule has 14 heteroatoms. The van der Waals surface area contributed by atoms with E-state index in [1.54, 1.807) is 20.1 Å². The van der Waals surface area contributed by atoms with Crippen LogP contribution in [-0.2, 0) is 28.8 Å². The Morgan fingerprint density at radius 1 is 0.875 bits per heavy atom. The molecule has 0 aliphatic rings. The molecule has 0 spiro atoms. The van der Waals surface area contributed by atoms with E-state index in [9.17, 15) is 33.9 Å². The maximum Gasteiger partial charge on any atom is 0.326 e. The fourth-order valence-corrected chi connectivity index (χ4v) is 2.99. The number of carboxylic acids is 2. The van der Waals surface area contributed by atoms with Crippen LogP contribution in [0.5, 0.6) is 0 Å². The number of aliphatic carboxylic acids is 2. The van der Waals surface area contributed by atoms with Gasteiger partial charge in [0.25, 0.3) is 0 Å². The van der Waals surface area contributed by atoms with Crippen LogP contribution in [-0.4, -0.2) is 82.0 Å². The van der Waals surface area contributed by atoms with Gasteiger partial charge >= 0.3 is 11.9 Å². The first kappa shape index (κ1) is 29.1. The number of rotatable bonds is 15. The van der Waals surface area contributed by atoms with Crippen molar-refractivity contribution in [2.24, 2.45) is 17.4 Å². The zero-order valence-corrected chi connectivity index (χ0v) is 18.9. The van der Waals surface area contributed by atoms with Crippen molar-refractivity contribution in [3.8, 4) is 0 Å². The lowest BCUT2D eigenvalue weighted by Gasteiger charge is -2.26. The minimum Gasteiger partial charge on any atom is -0.481 e. The Labute approximate surface area is 189 Å². The van der Waals surface area contributed by atoms with Gasteiger partial charge in [0.2, 0.25) is 23.6 Å². The lowest BCUT2D eigenvalue weighted by atomic mass is 10.0. The standard InChI is InChI=1S/C18H31N5O8S/c1-8(2)14(23-15(27)9(19)6-13(25)26)17(29)21-10(4-5-32-3)16(28)22-11(18(30)31)7-12(20)24/h8-11,14H,4-7,19H2,1-3H3,(H2,20,24)(H,21,29)(H,22,28)(H,23,27)(H,25,26)(H,30,31). The first-order valence-corrected chi connectivity index (χ1v) is 11.1. The summed E-state index contributed by atoms with van der Waals surface area (Å²) in [6, 6.07) is -5.23. The molecular weight excluding hydrogens is 446 g/mol. The van der Waals surface area contributed by atoms with Crippen LogP contribution in [0.2, 0.25) is 0 Å². The van der Waals surface area contributed by atoms with E-state index in [-0.39, 0.29) is 6.42 Å². The third-order valence-electron chi connectivity index (χ3n) is 4.24. The van der Waals surface area contributed by atoms with E-state index in [4.69, 9.17) is 16.6 Å². The largest absolute Gasteiger partial charge is 0.481 e. The first-order valence-electron chi connectivity index (χ1n) is 9.68. The van der Waals surface area contributed by atoms with Gasteiger partial charge in [0.15, 0.2) is 0 Å². The summed E-state index contributed by atoms with van der Waals surface area (Å²) in [5.41, 5.74) is 10.5. The van der Waals surface area contributed by atoms with Crippen LogP contribution < -0.4 is 27.4 Å². The number of nitrogens with one attached hydrogen (secondary N) is 3. The minimum absolute atomic E-state index is 0.138. The van der Waals surface area contributed by atoms with E-state index in [2.05, 4.69) is 16.0 Å². The number of carbonyl (C=O) groups is 6. The lowest BCUT2D eigenvalue weighted by Crippen LogP contribution is -2.58. The van der Waals surface area contributed by atoms with Crippen LogP contribution in [0.15, 0.2) is 0 Å². The highest BCUT2D eigenvalue weighted by Gasteiger charge is 2.32. The van der Waals surface area contributed by atoms with E-state index < -0.39 is 78.5 Å². The fourth-order valence-electron chi connectivity index (χ4n) is 2.52. The second kappa shape index (κ2) is 14.2. The molecule has 32 heavy (non-hydrogen) atoms. The fraction of sp³-hybridized carbons (Fsp3) is 0.667. The Balaban J connectivity index is 5.41. The number of carbonyl (C=O) groups excluding carboxylic acids is 4.